The second-order valence-electron chi connectivity index (χ2n) is 4.36. The van der Waals surface area contributed by atoms with E-state index in [1.54, 1.807) is 25.3 Å². The quantitative estimate of drug-likeness (QED) is 0.928. The molecule has 0 bridgehead atoms. The van der Waals surface area contributed by atoms with Gasteiger partial charge in [-0.2, -0.15) is 0 Å². The van der Waals surface area contributed by atoms with Gasteiger partial charge in [-0.1, -0.05) is 23.8 Å². The van der Waals surface area contributed by atoms with E-state index in [4.69, 9.17) is 9.47 Å². The van der Waals surface area contributed by atoms with Gasteiger partial charge in [-0.15, -0.1) is 0 Å². The van der Waals surface area contributed by atoms with Crippen molar-refractivity contribution in [3.63, 3.8) is 0 Å². The van der Waals surface area contributed by atoms with Crippen LogP contribution >= 0.6 is 0 Å². The number of benzene rings is 2. The van der Waals surface area contributed by atoms with Gasteiger partial charge in [0.25, 0.3) is 5.91 Å². The first kappa shape index (κ1) is 13.9. The van der Waals surface area contributed by atoms with Crippen LogP contribution in [-0.4, -0.2) is 20.1 Å². The summed E-state index contributed by atoms with van der Waals surface area (Å²) >= 11 is 0. The molecule has 0 aromatic heterocycles. The van der Waals surface area contributed by atoms with Crippen LogP contribution in [0.4, 0.5) is 5.69 Å². The number of aryl methyl sites for hydroxylation is 1. The Balaban J connectivity index is 2.27. The van der Waals surface area contributed by atoms with Crippen molar-refractivity contribution in [3.05, 3.63) is 53.6 Å². The zero-order chi connectivity index (χ0) is 14.5. The number of amides is 1. The molecule has 0 atom stereocenters. The van der Waals surface area contributed by atoms with Crippen LogP contribution < -0.4 is 14.8 Å². The Morgan fingerprint density at radius 1 is 1.00 bits per heavy atom. The molecular formula is C16H17NO3. The minimum Gasteiger partial charge on any atom is -0.493 e. The average Bonchev–Trinajstić information content (AvgIpc) is 2.48. The fourth-order valence-electron chi connectivity index (χ4n) is 1.90. The van der Waals surface area contributed by atoms with Crippen molar-refractivity contribution < 1.29 is 14.3 Å². The fraction of sp³-hybridized carbons (Fsp3) is 0.188. The van der Waals surface area contributed by atoms with Gasteiger partial charge in [0.05, 0.1) is 19.8 Å². The number of methoxy groups -OCH3 is 2. The molecule has 0 fully saturated rings. The van der Waals surface area contributed by atoms with Crippen LogP contribution in [0.15, 0.2) is 42.5 Å². The molecule has 0 saturated heterocycles. The van der Waals surface area contributed by atoms with E-state index in [9.17, 15) is 4.79 Å². The Labute approximate surface area is 118 Å². The summed E-state index contributed by atoms with van der Waals surface area (Å²) in [4.78, 5) is 12.3. The van der Waals surface area contributed by atoms with Crippen LogP contribution in [-0.2, 0) is 0 Å². The SMILES string of the molecule is COc1cccc(C(=O)Nc2ccc(C)cc2)c1OC. The fourth-order valence-corrected chi connectivity index (χ4v) is 1.90. The van der Waals surface area contributed by atoms with E-state index in [1.165, 1.54) is 7.11 Å². The van der Waals surface area contributed by atoms with E-state index in [0.717, 1.165) is 11.3 Å². The molecule has 2 aromatic carbocycles. The highest BCUT2D eigenvalue weighted by molar-refractivity contribution is 6.06. The van der Waals surface area contributed by atoms with E-state index in [1.807, 2.05) is 31.2 Å². The molecule has 0 spiro atoms. The predicted octanol–water partition coefficient (Wildman–Crippen LogP) is 3.26. The summed E-state index contributed by atoms with van der Waals surface area (Å²) in [7, 11) is 3.06. The molecule has 0 unspecified atom stereocenters. The third kappa shape index (κ3) is 2.91. The first-order chi connectivity index (χ1) is 9.65. The number of anilines is 1. The Hall–Kier alpha value is -2.49. The number of hydrogen-bond donors (Lipinski definition) is 1. The van der Waals surface area contributed by atoms with Crippen LogP contribution in [0.5, 0.6) is 11.5 Å². The van der Waals surface area contributed by atoms with Crippen molar-refractivity contribution in [1.82, 2.24) is 0 Å². The molecule has 2 rings (SSSR count). The Bertz CT molecular complexity index is 606. The molecule has 1 amide bonds. The number of carbonyl (C=O) groups is 1. The Morgan fingerprint density at radius 3 is 2.30 bits per heavy atom. The van der Waals surface area contributed by atoms with Gasteiger partial charge >= 0.3 is 0 Å². The van der Waals surface area contributed by atoms with E-state index >= 15 is 0 Å². The van der Waals surface area contributed by atoms with Crippen molar-refractivity contribution >= 4 is 11.6 Å². The lowest BCUT2D eigenvalue weighted by Crippen LogP contribution is -2.13. The van der Waals surface area contributed by atoms with E-state index < -0.39 is 0 Å². The molecule has 4 nitrogen and oxygen atoms in total. The molecule has 0 heterocycles. The van der Waals surface area contributed by atoms with Crippen molar-refractivity contribution in [1.29, 1.82) is 0 Å². The summed E-state index contributed by atoms with van der Waals surface area (Å²) in [5.41, 5.74) is 2.32. The van der Waals surface area contributed by atoms with E-state index in [0.29, 0.717) is 17.1 Å². The van der Waals surface area contributed by atoms with Gasteiger partial charge in [-0.05, 0) is 31.2 Å². The van der Waals surface area contributed by atoms with Crippen LogP contribution in [0.1, 0.15) is 15.9 Å². The monoisotopic (exact) mass is 271 g/mol. The van der Waals surface area contributed by atoms with Crippen molar-refractivity contribution in [2.24, 2.45) is 0 Å². The second-order valence-corrected chi connectivity index (χ2v) is 4.36. The highest BCUT2D eigenvalue weighted by Gasteiger charge is 2.16. The number of ether oxygens (including phenoxy) is 2. The molecule has 20 heavy (non-hydrogen) atoms. The smallest absolute Gasteiger partial charge is 0.259 e. The maximum absolute atomic E-state index is 12.3. The van der Waals surface area contributed by atoms with Gasteiger partial charge in [0.1, 0.15) is 0 Å². The van der Waals surface area contributed by atoms with E-state index in [2.05, 4.69) is 5.32 Å². The number of hydrogen-bond acceptors (Lipinski definition) is 3. The van der Waals surface area contributed by atoms with Gasteiger partial charge in [0.15, 0.2) is 11.5 Å². The van der Waals surface area contributed by atoms with Crippen molar-refractivity contribution in [3.8, 4) is 11.5 Å². The maximum Gasteiger partial charge on any atom is 0.259 e. The highest BCUT2D eigenvalue weighted by Crippen LogP contribution is 2.31. The molecule has 0 aliphatic rings. The van der Waals surface area contributed by atoms with Crippen molar-refractivity contribution in [2.75, 3.05) is 19.5 Å². The summed E-state index contributed by atoms with van der Waals surface area (Å²) < 4.78 is 10.4. The van der Waals surface area contributed by atoms with Crippen LogP contribution in [0.3, 0.4) is 0 Å². The number of carbonyl (C=O) groups excluding carboxylic acids is 1. The normalized spacial score (nSPS) is 9.95. The molecule has 0 aliphatic carbocycles. The van der Waals surface area contributed by atoms with Crippen LogP contribution in [0.25, 0.3) is 0 Å². The van der Waals surface area contributed by atoms with E-state index in [-0.39, 0.29) is 5.91 Å². The molecule has 104 valence electrons. The summed E-state index contributed by atoms with van der Waals surface area (Å²) in [5.74, 6) is 0.730. The first-order valence-corrected chi connectivity index (χ1v) is 6.24. The summed E-state index contributed by atoms with van der Waals surface area (Å²) in [6.07, 6.45) is 0. The molecule has 0 saturated carbocycles. The predicted molar refractivity (Wildman–Crippen MR) is 78.7 cm³/mol. The van der Waals surface area contributed by atoms with Gasteiger partial charge in [0, 0.05) is 5.69 Å². The Morgan fingerprint density at radius 2 is 1.70 bits per heavy atom. The number of para-hydroxylation sites is 1. The zero-order valence-electron chi connectivity index (χ0n) is 11.8. The minimum absolute atomic E-state index is 0.232. The van der Waals surface area contributed by atoms with Crippen LogP contribution in [0, 0.1) is 6.92 Å². The zero-order valence-corrected chi connectivity index (χ0v) is 11.8. The topological polar surface area (TPSA) is 47.6 Å². The summed E-state index contributed by atoms with van der Waals surface area (Å²) in [5, 5.41) is 2.84. The molecular weight excluding hydrogens is 254 g/mol. The molecule has 1 N–H and O–H groups in total. The number of rotatable bonds is 4. The summed E-state index contributed by atoms with van der Waals surface area (Å²) in [6, 6.07) is 12.8. The minimum atomic E-state index is -0.232. The molecule has 0 radical (unpaired) electrons. The van der Waals surface area contributed by atoms with Gasteiger partial charge in [-0.3, -0.25) is 4.79 Å². The van der Waals surface area contributed by atoms with Gasteiger partial charge < -0.3 is 14.8 Å². The lowest BCUT2D eigenvalue weighted by atomic mass is 10.1. The lowest BCUT2D eigenvalue weighted by molar-refractivity contribution is 0.102. The first-order valence-electron chi connectivity index (χ1n) is 6.24. The third-order valence-electron chi connectivity index (χ3n) is 2.96. The number of nitrogens with one attached hydrogen (secondary N) is 1. The van der Waals surface area contributed by atoms with Crippen LogP contribution in [0.2, 0.25) is 0 Å². The highest BCUT2D eigenvalue weighted by atomic mass is 16.5. The molecule has 4 heteroatoms. The van der Waals surface area contributed by atoms with Gasteiger partial charge in [-0.25, -0.2) is 0 Å². The molecule has 2 aromatic rings. The lowest BCUT2D eigenvalue weighted by Gasteiger charge is -2.12. The largest absolute Gasteiger partial charge is 0.493 e. The Kier molecular flexibility index (Phi) is 4.25. The average molecular weight is 271 g/mol. The summed E-state index contributed by atoms with van der Waals surface area (Å²) in [6.45, 7) is 2.00. The maximum atomic E-state index is 12.3. The standard InChI is InChI=1S/C16H17NO3/c1-11-7-9-12(10-8-11)17-16(18)13-5-4-6-14(19-2)15(13)20-3/h4-10H,1-3H3,(H,17,18). The second kappa shape index (κ2) is 6.10. The molecule has 0 aliphatic heterocycles. The third-order valence-corrected chi connectivity index (χ3v) is 2.96. The van der Waals surface area contributed by atoms with Crippen molar-refractivity contribution in [2.45, 2.75) is 6.92 Å². The van der Waals surface area contributed by atoms with Gasteiger partial charge in [0.2, 0.25) is 0 Å².